The van der Waals surface area contributed by atoms with Crippen molar-refractivity contribution in [1.29, 1.82) is 0 Å². The van der Waals surface area contributed by atoms with E-state index < -0.39 is 17.8 Å². The van der Waals surface area contributed by atoms with Gasteiger partial charge in [-0.3, -0.25) is 4.90 Å². The van der Waals surface area contributed by atoms with Gasteiger partial charge in [-0.2, -0.15) is 0 Å². The predicted octanol–water partition coefficient (Wildman–Crippen LogP) is 7.54. The van der Waals surface area contributed by atoms with Crippen LogP contribution >= 0.6 is 0 Å². The minimum absolute atomic E-state index is 0.0402. The Labute approximate surface area is 256 Å². The SMILES string of the molecule is COc1ccc(CN(Cc2ccc(OC)cc2)C(=O)OC[C@H](CCCCCc2ccccc2)NC(=O)OC(C)(C)C)cc1. The minimum atomic E-state index is -0.630. The Morgan fingerprint density at radius 2 is 1.30 bits per heavy atom. The summed E-state index contributed by atoms with van der Waals surface area (Å²) in [5, 5.41) is 2.92. The molecule has 0 unspecified atom stereocenters. The van der Waals surface area contributed by atoms with Gasteiger partial charge in [-0.25, -0.2) is 9.59 Å². The van der Waals surface area contributed by atoms with Crippen molar-refractivity contribution in [3.8, 4) is 11.5 Å². The molecule has 232 valence electrons. The number of ether oxygens (including phenoxy) is 4. The highest BCUT2D eigenvalue weighted by molar-refractivity contribution is 5.69. The highest BCUT2D eigenvalue weighted by Crippen LogP contribution is 2.18. The molecule has 3 aromatic rings. The van der Waals surface area contributed by atoms with E-state index in [4.69, 9.17) is 18.9 Å². The second kappa shape index (κ2) is 17.0. The lowest BCUT2D eigenvalue weighted by molar-refractivity contribution is 0.0442. The molecular formula is C35H46N2O6. The van der Waals surface area contributed by atoms with E-state index in [1.54, 1.807) is 19.1 Å². The number of nitrogens with zero attached hydrogens (tertiary/aromatic N) is 1. The highest BCUT2D eigenvalue weighted by Gasteiger charge is 2.23. The lowest BCUT2D eigenvalue weighted by Gasteiger charge is -2.26. The van der Waals surface area contributed by atoms with Crippen molar-refractivity contribution < 1.29 is 28.5 Å². The first kappa shape index (κ1) is 33.3. The summed E-state index contributed by atoms with van der Waals surface area (Å²) in [6.45, 7) is 6.19. The number of alkyl carbamates (subject to hydrolysis) is 1. The van der Waals surface area contributed by atoms with Crippen molar-refractivity contribution in [2.75, 3.05) is 20.8 Å². The van der Waals surface area contributed by atoms with Gasteiger partial charge in [0.25, 0.3) is 0 Å². The third-order valence-corrected chi connectivity index (χ3v) is 6.81. The quantitative estimate of drug-likeness (QED) is 0.184. The fourth-order valence-electron chi connectivity index (χ4n) is 4.56. The maximum absolute atomic E-state index is 13.5. The topological polar surface area (TPSA) is 86.3 Å². The van der Waals surface area contributed by atoms with Gasteiger partial charge in [0.1, 0.15) is 23.7 Å². The summed E-state index contributed by atoms with van der Waals surface area (Å²) >= 11 is 0. The Hall–Kier alpha value is -4.20. The molecule has 0 radical (unpaired) electrons. The summed E-state index contributed by atoms with van der Waals surface area (Å²) in [4.78, 5) is 27.7. The summed E-state index contributed by atoms with van der Waals surface area (Å²) in [6.07, 6.45) is 3.60. The third-order valence-electron chi connectivity index (χ3n) is 6.81. The molecule has 0 fully saturated rings. The molecule has 0 aliphatic carbocycles. The molecule has 0 heterocycles. The van der Waals surface area contributed by atoms with E-state index in [9.17, 15) is 9.59 Å². The molecule has 1 N–H and O–H groups in total. The Kier molecular flexibility index (Phi) is 13.2. The van der Waals surface area contributed by atoms with Crippen LogP contribution in [0, 0.1) is 0 Å². The van der Waals surface area contributed by atoms with Gasteiger partial charge in [-0.15, -0.1) is 0 Å². The molecule has 0 aliphatic heterocycles. The number of carbonyl (C=O) groups is 2. The molecule has 0 aromatic heterocycles. The number of unbranched alkanes of at least 4 members (excludes halogenated alkanes) is 2. The summed E-state index contributed by atoms with van der Waals surface area (Å²) in [7, 11) is 3.24. The molecule has 0 spiro atoms. The number of methoxy groups -OCH3 is 2. The third kappa shape index (κ3) is 12.7. The number of carbonyl (C=O) groups excluding carboxylic acids is 2. The van der Waals surface area contributed by atoms with Crippen molar-refractivity contribution >= 4 is 12.2 Å². The average molecular weight is 591 g/mol. The molecule has 0 saturated carbocycles. The second-order valence-electron chi connectivity index (χ2n) is 11.6. The maximum Gasteiger partial charge on any atom is 0.410 e. The number of benzene rings is 3. The normalized spacial score (nSPS) is 11.7. The zero-order chi connectivity index (χ0) is 31.1. The van der Waals surface area contributed by atoms with Crippen LogP contribution in [-0.4, -0.2) is 49.6 Å². The molecule has 2 amide bonds. The summed E-state index contributed by atoms with van der Waals surface area (Å²) in [6, 6.07) is 25.2. The van der Waals surface area contributed by atoms with Crippen LogP contribution in [0.5, 0.6) is 11.5 Å². The zero-order valence-electron chi connectivity index (χ0n) is 26.1. The number of amides is 2. The lowest BCUT2D eigenvalue weighted by atomic mass is 10.0. The van der Waals surface area contributed by atoms with Crippen molar-refractivity contribution in [3.05, 3.63) is 95.6 Å². The predicted molar refractivity (Wildman–Crippen MR) is 168 cm³/mol. The summed E-state index contributed by atoms with van der Waals surface area (Å²) < 4.78 is 21.9. The van der Waals surface area contributed by atoms with Crippen molar-refractivity contribution in [1.82, 2.24) is 10.2 Å². The van der Waals surface area contributed by atoms with Crippen LogP contribution < -0.4 is 14.8 Å². The number of rotatable bonds is 15. The maximum atomic E-state index is 13.5. The number of hydrogen-bond acceptors (Lipinski definition) is 6. The van der Waals surface area contributed by atoms with Crippen LogP contribution in [0.1, 0.15) is 63.1 Å². The molecule has 1 atom stereocenters. The van der Waals surface area contributed by atoms with Crippen molar-refractivity contribution in [2.45, 2.75) is 77.6 Å². The number of nitrogens with one attached hydrogen (secondary N) is 1. The number of aryl methyl sites for hydroxylation is 1. The highest BCUT2D eigenvalue weighted by atomic mass is 16.6. The summed E-state index contributed by atoms with van der Waals surface area (Å²) in [5.41, 5.74) is 2.56. The molecule has 3 rings (SSSR count). The van der Waals surface area contributed by atoms with Gasteiger partial charge in [0, 0.05) is 13.1 Å². The van der Waals surface area contributed by atoms with Gasteiger partial charge in [0.15, 0.2) is 0 Å². The van der Waals surface area contributed by atoms with Crippen LogP contribution in [0.25, 0.3) is 0 Å². The second-order valence-corrected chi connectivity index (χ2v) is 11.6. The van der Waals surface area contributed by atoms with Crippen LogP contribution in [0.15, 0.2) is 78.9 Å². The first-order valence-corrected chi connectivity index (χ1v) is 14.9. The van der Waals surface area contributed by atoms with E-state index in [1.807, 2.05) is 75.4 Å². The van der Waals surface area contributed by atoms with Gasteiger partial charge < -0.3 is 24.3 Å². The largest absolute Gasteiger partial charge is 0.497 e. The first-order valence-electron chi connectivity index (χ1n) is 14.9. The van der Waals surface area contributed by atoms with Crippen LogP contribution in [0.3, 0.4) is 0 Å². The van der Waals surface area contributed by atoms with Crippen molar-refractivity contribution in [2.24, 2.45) is 0 Å². The van der Waals surface area contributed by atoms with E-state index in [-0.39, 0.29) is 12.6 Å². The molecule has 43 heavy (non-hydrogen) atoms. The van der Waals surface area contributed by atoms with E-state index >= 15 is 0 Å². The van der Waals surface area contributed by atoms with Crippen LogP contribution in [0.2, 0.25) is 0 Å². The van der Waals surface area contributed by atoms with E-state index in [0.29, 0.717) is 19.5 Å². The Balaban J connectivity index is 1.64. The number of hydrogen-bond donors (Lipinski definition) is 1. The average Bonchev–Trinajstić information content (AvgIpc) is 2.99. The van der Waals surface area contributed by atoms with Gasteiger partial charge >= 0.3 is 12.2 Å². The molecule has 3 aromatic carbocycles. The van der Waals surface area contributed by atoms with Gasteiger partial charge in [0.2, 0.25) is 0 Å². The smallest absolute Gasteiger partial charge is 0.410 e. The molecule has 8 nitrogen and oxygen atoms in total. The van der Waals surface area contributed by atoms with E-state index in [1.165, 1.54) is 5.56 Å². The zero-order valence-corrected chi connectivity index (χ0v) is 26.1. The Morgan fingerprint density at radius 1 is 0.744 bits per heavy atom. The standard InChI is InChI=1S/C35H46N2O6/c1-35(2,3)43-33(38)36-30(15-11-7-10-14-27-12-8-6-9-13-27)26-42-34(39)37(24-28-16-20-31(40-4)21-17-28)25-29-18-22-32(41-5)23-19-29/h6,8-9,12-13,16-23,30H,7,10-11,14-15,24-26H2,1-5H3,(H,36,38)/t30-/m0/s1. The monoisotopic (exact) mass is 590 g/mol. The van der Waals surface area contributed by atoms with Gasteiger partial charge in [-0.05, 0) is 81.0 Å². The fraction of sp³-hybridized carbons (Fsp3) is 0.429. The Morgan fingerprint density at radius 3 is 1.81 bits per heavy atom. The van der Waals surface area contributed by atoms with Crippen LogP contribution in [0.4, 0.5) is 9.59 Å². The van der Waals surface area contributed by atoms with Gasteiger partial charge in [0.05, 0.1) is 20.3 Å². The first-order chi connectivity index (χ1) is 20.6. The van der Waals surface area contributed by atoms with E-state index in [0.717, 1.165) is 48.3 Å². The molecule has 8 heteroatoms. The summed E-state index contributed by atoms with van der Waals surface area (Å²) in [5.74, 6) is 1.49. The lowest BCUT2D eigenvalue weighted by Crippen LogP contribution is -2.43. The van der Waals surface area contributed by atoms with Crippen molar-refractivity contribution in [3.63, 3.8) is 0 Å². The fourth-order valence-corrected chi connectivity index (χ4v) is 4.56. The van der Waals surface area contributed by atoms with Gasteiger partial charge in [-0.1, -0.05) is 67.4 Å². The molecular weight excluding hydrogens is 544 g/mol. The Bertz CT molecular complexity index is 1190. The van der Waals surface area contributed by atoms with Crippen LogP contribution in [-0.2, 0) is 29.0 Å². The van der Waals surface area contributed by atoms with E-state index in [2.05, 4.69) is 29.6 Å². The molecule has 0 saturated heterocycles. The molecule has 0 aliphatic rings. The molecule has 0 bridgehead atoms. The minimum Gasteiger partial charge on any atom is -0.497 e.